The third-order valence-corrected chi connectivity index (χ3v) is 3.77. The number of rotatable bonds is 3. The van der Waals surface area contributed by atoms with E-state index in [1.807, 2.05) is 6.92 Å². The Morgan fingerprint density at radius 3 is 3.05 bits per heavy atom. The van der Waals surface area contributed by atoms with Gasteiger partial charge >= 0.3 is 0 Å². The van der Waals surface area contributed by atoms with E-state index in [-0.39, 0.29) is 11.7 Å². The molecule has 2 heterocycles. The summed E-state index contributed by atoms with van der Waals surface area (Å²) in [5.41, 5.74) is 6.99. The Bertz CT molecular complexity index is 776. The first-order valence-corrected chi connectivity index (χ1v) is 6.92. The van der Waals surface area contributed by atoms with Gasteiger partial charge in [0, 0.05) is 22.1 Å². The predicted molar refractivity (Wildman–Crippen MR) is 78.6 cm³/mol. The molecule has 3 aromatic rings. The Labute approximate surface area is 119 Å². The van der Waals surface area contributed by atoms with Gasteiger partial charge in [-0.3, -0.25) is 4.79 Å². The Hall–Kier alpha value is -2.34. The van der Waals surface area contributed by atoms with Crippen molar-refractivity contribution in [3.05, 3.63) is 46.1 Å². The zero-order valence-corrected chi connectivity index (χ0v) is 11.7. The monoisotopic (exact) mass is 287 g/mol. The van der Waals surface area contributed by atoms with Gasteiger partial charge < -0.3 is 15.5 Å². The number of amides is 1. The number of fused-ring (bicyclic) bond motifs is 1. The van der Waals surface area contributed by atoms with Crippen molar-refractivity contribution in [2.75, 3.05) is 5.73 Å². The van der Waals surface area contributed by atoms with Crippen molar-refractivity contribution in [2.24, 2.45) is 0 Å². The molecule has 5 nitrogen and oxygen atoms in total. The molecule has 0 aliphatic rings. The first-order chi connectivity index (χ1) is 9.61. The van der Waals surface area contributed by atoms with E-state index in [0.29, 0.717) is 17.8 Å². The number of anilines is 1. The zero-order valence-electron chi connectivity index (χ0n) is 10.8. The number of carbonyl (C=O) groups is 1. The second-order valence-corrected chi connectivity index (χ2v) is 5.76. The molecular weight excluding hydrogens is 274 g/mol. The van der Waals surface area contributed by atoms with E-state index in [1.165, 1.54) is 0 Å². The standard InChI is InChI=1S/C14H13N3O2S/c1-8-16-6-11(20-8)7-17-14(18)13-5-9-4-10(15)2-3-12(9)19-13/h2-6H,7,15H2,1H3,(H,17,18). The molecule has 102 valence electrons. The molecule has 0 radical (unpaired) electrons. The lowest BCUT2D eigenvalue weighted by atomic mass is 10.2. The average molecular weight is 287 g/mol. The van der Waals surface area contributed by atoms with Crippen molar-refractivity contribution < 1.29 is 9.21 Å². The van der Waals surface area contributed by atoms with Crippen LogP contribution in [0.5, 0.6) is 0 Å². The van der Waals surface area contributed by atoms with Gasteiger partial charge in [-0.2, -0.15) is 0 Å². The summed E-state index contributed by atoms with van der Waals surface area (Å²) in [4.78, 5) is 17.2. The Morgan fingerprint density at radius 2 is 2.30 bits per heavy atom. The molecule has 0 fully saturated rings. The van der Waals surface area contributed by atoms with Crippen LogP contribution in [0, 0.1) is 6.92 Å². The minimum Gasteiger partial charge on any atom is -0.451 e. The third kappa shape index (κ3) is 2.50. The first kappa shape index (κ1) is 12.7. The zero-order chi connectivity index (χ0) is 14.1. The lowest BCUT2D eigenvalue weighted by Gasteiger charge is -1.99. The molecule has 1 aromatic carbocycles. The fourth-order valence-electron chi connectivity index (χ4n) is 1.92. The number of hydrogen-bond acceptors (Lipinski definition) is 5. The van der Waals surface area contributed by atoms with Gasteiger partial charge in [-0.25, -0.2) is 4.98 Å². The minimum absolute atomic E-state index is 0.245. The Kier molecular flexibility index (Phi) is 3.15. The van der Waals surface area contributed by atoms with Gasteiger partial charge in [-0.1, -0.05) is 0 Å². The topological polar surface area (TPSA) is 81.2 Å². The molecule has 0 spiro atoms. The number of benzene rings is 1. The fourth-order valence-corrected chi connectivity index (χ4v) is 2.65. The van der Waals surface area contributed by atoms with E-state index >= 15 is 0 Å². The van der Waals surface area contributed by atoms with E-state index in [2.05, 4.69) is 10.3 Å². The van der Waals surface area contributed by atoms with Crippen molar-refractivity contribution in [3.63, 3.8) is 0 Å². The highest BCUT2D eigenvalue weighted by atomic mass is 32.1. The predicted octanol–water partition coefficient (Wildman–Crippen LogP) is 2.71. The number of nitrogens with one attached hydrogen (secondary N) is 1. The maximum Gasteiger partial charge on any atom is 0.287 e. The van der Waals surface area contributed by atoms with E-state index in [4.69, 9.17) is 10.2 Å². The molecule has 0 aliphatic carbocycles. The first-order valence-electron chi connectivity index (χ1n) is 6.10. The number of nitrogens with two attached hydrogens (primary N) is 1. The highest BCUT2D eigenvalue weighted by molar-refractivity contribution is 7.11. The van der Waals surface area contributed by atoms with Gasteiger partial charge in [0.25, 0.3) is 5.91 Å². The summed E-state index contributed by atoms with van der Waals surface area (Å²) in [6.07, 6.45) is 1.76. The smallest absolute Gasteiger partial charge is 0.287 e. The minimum atomic E-state index is -0.245. The van der Waals surface area contributed by atoms with Crippen molar-refractivity contribution in [1.29, 1.82) is 0 Å². The van der Waals surface area contributed by atoms with Crippen LogP contribution in [0.15, 0.2) is 34.9 Å². The molecule has 3 N–H and O–H groups in total. The van der Waals surface area contributed by atoms with Crippen LogP contribution < -0.4 is 11.1 Å². The van der Waals surface area contributed by atoms with Crippen molar-refractivity contribution >= 4 is 33.9 Å². The van der Waals surface area contributed by atoms with Crippen LogP contribution in [0.2, 0.25) is 0 Å². The number of furan rings is 1. The molecule has 3 rings (SSSR count). The Morgan fingerprint density at radius 1 is 1.45 bits per heavy atom. The molecule has 0 saturated carbocycles. The SMILES string of the molecule is Cc1ncc(CNC(=O)c2cc3cc(N)ccc3o2)s1. The molecule has 0 unspecified atom stereocenters. The van der Waals surface area contributed by atoms with Crippen molar-refractivity contribution in [3.8, 4) is 0 Å². The van der Waals surface area contributed by atoms with Crippen molar-refractivity contribution in [2.45, 2.75) is 13.5 Å². The van der Waals surface area contributed by atoms with Gasteiger partial charge in [0.15, 0.2) is 5.76 Å². The van der Waals surface area contributed by atoms with Gasteiger partial charge in [-0.15, -0.1) is 11.3 Å². The molecule has 0 bridgehead atoms. The van der Waals surface area contributed by atoms with E-state index in [0.717, 1.165) is 15.3 Å². The summed E-state index contributed by atoms with van der Waals surface area (Å²) in [6, 6.07) is 6.97. The molecule has 6 heteroatoms. The highest BCUT2D eigenvalue weighted by Crippen LogP contribution is 2.21. The Balaban J connectivity index is 1.75. The molecule has 0 saturated heterocycles. The summed E-state index contributed by atoms with van der Waals surface area (Å²) < 4.78 is 5.50. The quantitative estimate of drug-likeness (QED) is 0.726. The number of hydrogen-bond donors (Lipinski definition) is 2. The number of nitrogen functional groups attached to an aromatic ring is 1. The number of carbonyl (C=O) groups excluding carboxylic acids is 1. The van der Waals surface area contributed by atoms with Crippen LogP contribution in [0.25, 0.3) is 11.0 Å². The van der Waals surface area contributed by atoms with Crippen molar-refractivity contribution in [1.82, 2.24) is 10.3 Å². The maximum absolute atomic E-state index is 12.0. The normalized spacial score (nSPS) is 10.8. The molecule has 0 aliphatic heterocycles. The molecule has 20 heavy (non-hydrogen) atoms. The second-order valence-electron chi connectivity index (χ2n) is 4.44. The summed E-state index contributed by atoms with van der Waals surface area (Å²) in [5.74, 6) is 0.0395. The van der Waals surface area contributed by atoms with E-state index in [1.54, 1.807) is 41.8 Å². The maximum atomic E-state index is 12.0. The van der Waals surface area contributed by atoms with Crippen LogP contribution in [-0.4, -0.2) is 10.9 Å². The van der Waals surface area contributed by atoms with E-state index < -0.39 is 0 Å². The van der Waals surface area contributed by atoms with E-state index in [9.17, 15) is 4.79 Å². The number of aryl methyl sites for hydroxylation is 1. The molecular formula is C14H13N3O2S. The molecule has 2 aromatic heterocycles. The summed E-state index contributed by atoms with van der Waals surface area (Å²) >= 11 is 1.56. The van der Waals surface area contributed by atoms with Gasteiger partial charge in [0.2, 0.25) is 0 Å². The van der Waals surface area contributed by atoms with Crippen LogP contribution in [0.4, 0.5) is 5.69 Å². The molecule has 1 amide bonds. The van der Waals surface area contributed by atoms with Crippen LogP contribution in [0.1, 0.15) is 20.4 Å². The summed E-state index contributed by atoms with van der Waals surface area (Å²) in [6.45, 7) is 2.38. The van der Waals surface area contributed by atoms with Gasteiger partial charge in [0.1, 0.15) is 5.58 Å². The number of aromatic nitrogens is 1. The average Bonchev–Trinajstić information content (AvgIpc) is 3.01. The lowest BCUT2D eigenvalue weighted by molar-refractivity contribution is 0.0925. The van der Waals surface area contributed by atoms with Crippen LogP contribution >= 0.6 is 11.3 Å². The largest absolute Gasteiger partial charge is 0.451 e. The fraction of sp³-hybridized carbons (Fsp3) is 0.143. The third-order valence-electron chi connectivity index (χ3n) is 2.86. The summed E-state index contributed by atoms with van der Waals surface area (Å²) in [5, 5.41) is 4.61. The van der Waals surface area contributed by atoms with Crippen LogP contribution in [0.3, 0.4) is 0 Å². The number of thiazole rings is 1. The van der Waals surface area contributed by atoms with Gasteiger partial charge in [0.05, 0.1) is 11.6 Å². The summed E-state index contributed by atoms with van der Waals surface area (Å²) in [7, 11) is 0. The van der Waals surface area contributed by atoms with Gasteiger partial charge in [-0.05, 0) is 31.2 Å². The number of nitrogens with zero attached hydrogens (tertiary/aromatic N) is 1. The molecule has 0 atom stereocenters. The lowest BCUT2D eigenvalue weighted by Crippen LogP contribution is -2.21. The second kappa shape index (κ2) is 4.97. The van der Waals surface area contributed by atoms with Crippen LogP contribution in [-0.2, 0) is 6.54 Å². The highest BCUT2D eigenvalue weighted by Gasteiger charge is 2.12.